The Morgan fingerprint density at radius 3 is 0.920 bits per heavy atom. The molecular formula is C77H95Cl3F16N14O14S. The second kappa shape index (κ2) is 45.0. The Morgan fingerprint density at radius 1 is 0.392 bits per heavy atom. The van der Waals surface area contributed by atoms with Gasteiger partial charge in [0.2, 0.25) is 23.5 Å². The summed E-state index contributed by atoms with van der Waals surface area (Å²) >= 11 is 17.1. The first-order valence-electron chi connectivity index (χ1n) is 39.8. The minimum atomic E-state index is -4.24. The van der Waals surface area contributed by atoms with Crippen LogP contribution < -0.4 is 24.3 Å². The van der Waals surface area contributed by atoms with Gasteiger partial charge in [-0.1, -0.05) is 40.9 Å². The molecule has 11 aliphatic heterocycles. The number of nitrogens with zero attached hydrogens (tertiary/aromatic N) is 13. The van der Waals surface area contributed by atoms with Crippen LogP contribution in [0, 0.1) is 99.6 Å². The van der Waals surface area contributed by atoms with Gasteiger partial charge in [-0.05, 0) is 52.3 Å². The maximum Gasteiger partial charge on any atom is 0.401 e. The summed E-state index contributed by atoms with van der Waals surface area (Å²) in [6, 6.07) is 4.84. The number of hydrogen-bond donors (Lipinski definition) is 1. The molecule has 125 heavy (non-hydrogen) atoms. The van der Waals surface area contributed by atoms with Crippen molar-refractivity contribution in [2.24, 2.45) is 59.2 Å². The SMILES string of the molecule is Cc1c(Cl)ncnc1OC1C2COCC1CN(CC(F)(F)F)C2.Cc1c(Cl)ncnc1OC1C2COCC1CN(CC(F)(F)F)C2.Cc1c(Cl)ncnc1OC1C2COCC1CN(CC(F)(F)F)C2.Cc1ccc(Nc2ncnc(OC3C4COCC3CN(CC(F)(F)F)C4)c2C)c(F)c1.O=C1C2COCC1CN(CC(F)(F)F)C2.O=C1CCOCC1.O=S=O. The van der Waals surface area contributed by atoms with E-state index in [0.717, 1.165) is 5.56 Å². The number of fused-ring (bicyclic) bond motifs is 10. The molecular weight excluding hydrogens is 1790 g/mol. The van der Waals surface area contributed by atoms with Crippen molar-refractivity contribution in [3.63, 3.8) is 0 Å². The number of aryl methyl sites for hydroxylation is 1. The zero-order valence-corrected chi connectivity index (χ0v) is 71.3. The monoisotopic (exact) mass is 1880 g/mol. The van der Waals surface area contributed by atoms with E-state index in [4.69, 9.17) is 90.6 Å². The molecule has 0 aliphatic carbocycles. The third-order valence-corrected chi connectivity index (χ3v) is 23.3. The number of rotatable bonds is 15. The predicted molar refractivity (Wildman–Crippen MR) is 415 cm³/mol. The number of carbonyl (C=O) groups excluding carboxylic acids is 2. The molecule has 0 saturated carbocycles. The zero-order chi connectivity index (χ0) is 90.9. The Kier molecular flexibility index (Phi) is 36.1. The highest BCUT2D eigenvalue weighted by Gasteiger charge is 2.51. The number of ketones is 2. The van der Waals surface area contributed by atoms with Gasteiger partial charge >= 0.3 is 42.5 Å². The van der Waals surface area contributed by atoms with Gasteiger partial charge in [-0.2, -0.15) is 74.3 Å². The van der Waals surface area contributed by atoms with E-state index in [1.165, 1.54) is 55.9 Å². The van der Waals surface area contributed by atoms with Crippen LogP contribution in [0.4, 0.5) is 81.8 Å². The molecule has 5 aromatic rings. The first-order chi connectivity index (χ1) is 59.0. The fourth-order valence-electron chi connectivity index (χ4n) is 16.7. The van der Waals surface area contributed by atoms with E-state index in [-0.39, 0.29) is 134 Å². The van der Waals surface area contributed by atoms with E-state index in [9.17, 15) is 79.8 Å². The van der Waals surface area contributed by atoms with Gasteiger partial charge in [0.05, 0.1) is 135 Å². The van der Waals surface area contributed by atoms with E-state index >= 15 is 0 Å². The van der Waals surface area contributed by atoms with Crippen molar-refractivity contribution in [3.8, 4) is 23.5 Å². The Balaban J connectivity index is 0.000000161. The Hall–Kier alpha value is -6.99. The number of Topliss-reactive ketones (excluding diaryl/α,β-unsaturated/α-hetero) is 2. The molecule has 16 rings (SSSR count). The summed E-state index contributed by atoms with van der Waals surface area (Å²) in [5.74, 6) is 0.0199. The maximum atomic E-state index is 14.2. The number of piperidine rings is 5. The molecule has 0 amide bonds. The summed E-state index contributed by atoms with van der Waals surface area (Å²) in [6.07, 6.45) is -15.5. The zero-order valence-electron chi connectivity index (χ0n) is 68.2. The van der Waals surface area contributed by atoms with Gasteiger partial charge < -0.3 is 52.7 Å². The minimum Gasteiger partial charge on any atom is -0.473 e. The van der Waals surface area contributed by atoms with E-state index in [0.29, 0.717) is 191 Å². The molecule has 11 aliphatic rings. The number of ether oxygens (including phenoxy) is 10. The van der Waals surface area contributed by atoms with Crippen molar-refractivity contribution >= 4 is 69.4 Å². The van der Waals surface area contributed by atoms with E-state index in [1.807, 2.05) is 0 Å². The average Bonchev–Trinajstić information content (AvgIpc) is 0.799. The summed E-state index contributed by atoms with van der Waals surface area (Å²) in [4.78, 5) is 61.2. The van der Waals surface area contributed by atoms with Crippen molar-refractivity contribution < 1.29 is 136 Å². The number of likely N-dealkylation sites (tertiary alicyclic amines) is 5. The highest BCUT2D eigenvalue weighted by Crippen LogP contribution is 2.41. The summed E-state index contributed by atoms with van der Waals surface area (Å²) in [7, 11) is 0. The first-order valence-corrected chi connectivity index (χ1v) is 41.6. The fraction of sp³-hybridized carbons (Fsp3) is 0.688. The highest BCUT2D eigenvalue weighted by molar-refractivity contribution is 7.51. The van der Waals surface area contributed by atoms with E-state index in [1.54, 1.807) is 46.8 Å². The van der Waals surface area contributed by atoms with Gasteiger partial charge in [-0.3, -0.25) is 34.1 Å². The number of hydrogen-bond acceptors (Lipinski definition) is 28. The smallest absolute Gasteiger partial charge is 0.401 e. The van der Waals surface area contributed by atoms with Crippen LogP contribution in [0.3, 0.4) is 0 Å². The Bertz CT molecular complexity index is 4080. The molecule has 28 nitrogen and oxygen atoms in total. The third-order valence-electron chi connectivity index (χ3n) is 22.1. The van der Waals surface area contributed by atoms with Crippen molar-refractivity contribution in [2.45, 2.75) is 103 Å². The largest absolute Gasteiger partial charge is 0.473 e. The van der Waals surface area contributed by atoms with Gasteiger partial charge in [0.25, 0.3) is 0 Å². The molecule has 0 spiro atoms. The van der Waals surface area contributed by atoms with Crippen LogP contribution in [-0.4, -0.2) is 317 Å². The van der Waals surface area contributed by atoms with E-state index < -0.39 is 81.0 Å². The number of anilines is 2. The molecule has 48 heteroatoms. The summed E-state index contributed by atoms with van der Waals surface area (Å²) in [5.41, 5.74) is 3.57. The predicted octanol–water partition coefficient (Wildman–Crippen LogP) is 11.2. The molecule has 0 radical (unpaired) electrons. The van der Waals surface area contributed by atoms with Crippen LogP contribution in [0.15, 0.2) is 43.5 Å². The van der Waals surface area contributed by atoms with Gasteiger partial charge in [-0.15, -0.1) is 0 Å². The second-order valence-electron chi connectivity index (χ2n) is 32.2. The summed E-state index contributed by atoms with van der Waals surface area (Å²) < 4.78 is 276. The fourth-order valence-corrected chi connectivity index (χ4v) is 17.1. The van der Waals surface area contributed by atoms with Crippen LogP contribution in [0.2, 0.25) is 15.5 Å². The minimum absolute atomic E-state index is 0.0691. The van der Waals surface area contributed by atoms with Crippen molar-refractivity contribution in [1.82, 2.24) is 64.4 Å². The summed E-state index contributed by atoms with van der Waals surface area (Å²) in [6.45, 7) is 11.6. The lowest BCUT2D eigenvalue weighted by atomic mass is 9.84. The number of aromatic nitrogens is 8. The standard InChI is InChI=1S/C21H24F4N4O2.3C14H17ClF3N3O2.C9H12F3NO2.C5H8O2.O2S/c1-12-3-4-17(16(22)5-12)28-19-13(2)20(27-11-26-19)31-18-14-6-29(10-21(23,24)25)7-15(18)9-30-8-14;3*1-8-12(15)19-7-20-13(8)23-11-9-2-21(6-14(16,17)18)3-10(11)5-22-4-9;10-9(11,12)5-13-1-6-3-15-4-7(2-13)8(6)14;6-5-1-3-7-4-2-5;1-3-2/h3-5,11,14-15,18H,6-10H2,1-2H3,(H,26,27,28);3*7,9-11H,2-6H2,1H3;6-7H,1-5H2;1-4H2;. The number of nitrogens with one attached hydrogen (secondary N) is 1. The van der Waals surface area contributed by atoms with Crippen LogP contribution in [-0.2, 0) is 49.6 Å². The number of alkyl halides is 15. The molecule has 10 unspecified atom stereocenters. The maximum absolute atomic E-state index is 14.2. The van der Waals surface area contributed by atoms with Crippen LogP contribution in [0.25, 0.3) is 0 Å². The van der Waals surface area contributed by atoms with Gasteiger partial charge in [0.15, 0.2) is 0 Å². The molecule has 10 atom stereocenters. The van der Waals surface area contributed by atoms with Gasteiger partial charge in [0.1, 0.15) is 88.4 Å². The topological polar surface area (TPSA) is 292 Å². The van der Waals surface area contributed by atoms with Crippen molar-refractivity contribution in [1.29, 1.82) is 0 Å². The second-order valence-corrected chi connectivity index (χ2v) is 33.4. The molecule has 10 bridgehead atoms. The van der Waals surface area contributed by atoms with Crippen LogP contribution in [0.1, 0.15) is 40.7 Å². The van der Waals surface area contributed by atoms with Gasteiger partial charge in [-0.25, -0.2) is 44.3 Å². The number of benzene rings is 1. The molecule has 11 fully saturated rings. The molecule has 696 valence electrons. The quantitative estimate of drug-likeness (QED) is 0.0752. The molecule has 11 saturated heterocycles. The normalized spacial score (nSPS) is 27.1. The average molecular weight is 1880 g/mol. The lowest BCUT2D eigenvalue weighted by Gasteiger charge is -2.46. The van der Waals surface area contributed by atoms with Crippen LogP contribution >= 0.6 is 34.8 Å². The summed E-state index contributed by atoms with van der Waals surface area (Å²) in [5, 5.41) is 3.90. The van der Waals surface area contributed by atoms with Gasteiger partial charge in [0, 0.05) is 142 Å². The molecule has 15 heterocycles. The first kappa shape index (κ1) is 100. The number of halogens is 19. The third kappa shape index (κ3) is 30.6. The Morgan fingerprint density at radius 2 is 0.656 bits per heavy atom. The molecule has 1 N–H and O–H groups in total. The Labute approximate surface area is 727 Å². The lowest BCUT2D eigenvalue weighted by Crippen LogP contribution is -2.58. The van der Waals surface area contributed by atoms with Crippen LogP contribution in [0.5, 0.6) is 23.5 Å². The number of carbonyl (C=O) groups is 2. The lowest BCUT2D eigenvalue weighted by molar-refractivity contribution is -0.173. The van der Waals surface area contributed by atoms with Crippen molar-refractivity contribution in [3.05, 3.63) is 92.6 Å². The molecule has 1 aromatic carbocycles. The highest BCUT2D eigenvalue weighted by atomic mass is 35.5. The van der Waals surface area contributed by atoms with E-state index in [2.05, 4.69) is 45.2 Å². The molecule has 4 aromatic heterocycles. The van der Waals surface area contributed by atoms with Crippen molar-refractivity contribution in [2.75, 3.05) is 183 Å².